The van der Waals surface area contributed by atoms with Crippen molar-refractivity contribution in [1.82, 2.24) is 0 Å². The molecular formula is C50H96O6. The molecule has 6 heteroatoms. The molecule has 0 bridgehead atoms. The second kappa shape index (κ2) is 43.0. The standard InChI is InChI=1S/C50H96O6/c1-6-7-8-9-10-11-12-13-14-15-16-17-18-19-20-24-30-35-40-48(51)54-43-47(56-50(53)42-37-32-27-26-29-34-39-46(4)5)44-55-49(52)41-36-31-25-22-21-23-28-33-38-45(2)3/h45-47H,6-44H2,1-5H3/t47-/m0/s1. The van der Waals surface area contributed by atoms with Crippen molar-refractivity contribution in [2.24, 2.45) is 11.8 Å². The van der Waals surface area contributed by atoms with Crippen LogP contribution >= 0.6 is 0 Å². The molecule has 0 aromatic heterocycles. The Balaban J connectivity index is 4.22. The minimum atomic E-state index is -0.762. The maximum atomic E-state index is 12.7. The molecular weight excluding hydrogens is 697 g/mol. The molecule has 6 nitrogen and oxygen atoms in total. The predicted octanol–water partition coefficient (Wildman–Crippen LogP) is 15.8. The first-order chi connectivity index (χ1) is 27.2. The summed E-state index contributed by atoms with van der Waals surface area (Å²) in [6.07, 6.45) is 42.6. The van der Waals surface area contributed by atoms with E-state index < -0.39 is 6.10 Å². The molecule has 0 saturated heterocycles. The fourth-order valence-corrected chi connectivity index (χ4v) is 7.46. The van der Waals surface area contributed by atoms with E-state index in [1.165, 1.54) is 161 Å². The zero-order chi connectivity index (χ0) is 41.2. The Kier molecular flexibility index (Phi) is 41.8. The summed E-state index contributed by atoms with van der Waals surface area (Å²) in [6, 6.07) is 0. The summed E-state index contributed by atoms with van der Waals surface area (Å²) in [7, 11) is 0. The van der Waals surface area contributed by atoms with Gasteiger partial charge in [0.2, 0.25) is 0 Å². The number of hydrogen-bond donors (Lipinski definition) is 0. The lowest BCUT2D eigenvalue weighted by atomic mass is 10.0. The molecule has 0 aliphatic carbocycles. The first-order valence-corrected chi connectivity index (χ1v) is 24.7. The predicted molar refractivity (Wildman–Crippen MR) is 238 cm³/mol. The number of unbranched alkanes of at least 4 members (excludes halogenated alkanes) is 29. The van der Waals surface area contributed by atoms with Gasteiger partial charge in [-0.25, -0.2) is 0 Å². The Morgan fingerprint density at radius 2 is 0.589 bits per heavy atom. The Morgan fingerprint density at radius 1 is 0.339 bits per heavy atom. The van der Waals surface area contributed by atoms with E-state index in [0.29, 0.717) is 19.3 Å². The molecule has 0 fully saturated rings. The quantitative estimate of drug-likeness (QED) is 0.0347. The van der Waals surface area contributed by atoms with Crippen LogP contribution in [-0.2, 0) is 28.6 Å². The Bertz CT molecular complexity index is 854. The van der Waals surface area contributed by atoms with Crippen molar-refractivity contribution in [2.45, 2.75) is 278 Å². The SMILES string of the molecule is CCCCCCCCCCCCCCCCCCCCC(=O)OC[C@@H](COC(=O)CCCCCCCCCCC(C)C)OC(=O)CCCCCCCCC(C)C. The topological polar surface area (TPSA) is 78.9 Å². The van der Waals surface area contributed by atoms with Gasteiger partial charge in [0.15, 0.2) is 6.10 Å². The van der Waals surface area contributed by atoms with Gasteiger partial charge in [-0.1, -0.05) is 234 Å². The molecule has 0 rings (SSSR count). The first-order valence-electron chi connectivity index (χ1n) is 24.7. The Morgan fingerprint density at radius 3 is 0.875 bits per heavy atom. The molecule has 0 N–H and O–H groups in total. The lowest BCUT2D eigenvalue weighted by Crippen LogP contribution is -2.30. The molecule has 0 spiro atoms. The second-order valence-corrected chi connectivity index (χ2v) is 18.1. The molecule has 0 aliphatic heterocycles. The zero-order valence-electron chi connectivity index (χ0n) is 38.3. The number of rotatable bonds is 44. The van der Waals surface area contributed by atoms with Gasteiger partial charge in [-0.05, 0) is 31.1 Å². The third-order valence-corrected chi connectivity index (χ3v) is 11.2. The van der Waals surface area contributed by atoms with Gasteiger partial charge < -0.3 is 14.2 Å². The van der Waals surface area contributed by atoms with E-state index in [-0.39, 0.29) is 31.1 Å². The maximum Gasteiger partial charge on any atom is 0.306 e. The van der Waals surface area contributed by atoms with E-state index in [1.54, 1.807) is 0 Å². The summed E-state index contributed by atoms with van der Waals surface area (Å²) in [5.74, 6) is 0.696. The highest BCUT2D eigenvalue weighted by molar-refractivity contribution is 5.71. The highest BCUT2D eigenvalue weighted by Gasteiger charge is 2.19. The van der Waals surface area contributed by atoms with Crippen LogP contribution in [0.5, 0.6) is 0 Å². The molecule has 0 unspecified atom stereocenters. The van der Waals surface area contributed by atoms with Crippen LogP contribution in [0.4, 0.5) is 0 Å². The summed E-state index contributed by atoms with van der Waals surface area (Å²) < 4.78 is 16.7. The Hall–Kier alpha value is -1.59. The average molecular weight is 793 g/mol. The zero-order valence-corrected chi connectivity index (χ0v) is 38.3. The van der Waals surface area contributed by atoms with E-state index in [0.717, 1.165) is 69.6 Å². The van der Waals surface area contributed by atoms with Crippen LogP contribution in [0.2, 0.25) is 0 Å². The van der Waals surface area contributed by atoms with Gasteiger partial charge in [0.25, 0.3) is 0 Å². The third-order valence-electron chi connectivity index (χ3n) is 11.2. The van der Waals surface area contributed by atoms with Crippen LogP contribution < -0.4 is 0 Å². The molecule has 0 heterocycles. The molecule has 0 aromatic carbocycles. The average Bonchev–Trinajstić information content (AvgIpc) is 3.16. The number of esters is 3. The molecule has 0 saturated carbocycles. The van der Waals surface area contributed by atoms with Gasteiger partial charge in [-0.15, -0.1) is 0 Å². The normalized spacial score (nSPS) is 12.1. The monoisotopic (exact) mass is 793 g/mol. The van der Waals surface area contributed by atoms with Crippen LogP contribution in [0.1, 0.15) is 272 Å². The number of hydrogen-bond acceptors (Lipinski definition) is 6. The van der Waals surface area contributed by atoms with Gasteiger partial charge in [-0.3, -0.25) is 14.4 Å². The molecule has 0 amide bonds. The maximum absolute atomic E-state index is 12.7. The van der Waals surface area contributed by atoms with Crippen molar-refractivity contribution in [2.75, 3.05) is 13.2 Å². The number of ether oxygens (including phenoxy) is 3. The van der Waals surface area contributed by atoms with Crippen LogP contribution in [0.3, 0.4) is 0 Å². The molecule has 0 aliphatic rings. The summed E-state index contributed by atoms with van der Waals surface area (Å²) in [5.41, 5.74) is 0. The van der Waals surface area contributed by atoms with E-state index in [9.17, 15) is 14.4 Å². The summed E-state index contributed by atoms with van der Waals surface area (Å²) in [6.45, 7) is 11.3. The highest BCUT2D eigenvalue weighted by atomic mass is 16.6. The van der Waals surface area contributed by atoms with E-state index in [1.807, 2.05) is 0 Å². The van der Waals surface area contributed by atoms with Gasteiger partial charge >= 0.3 is 17.9 Å². The molecule has 56 heavy (non-hydrogen) atoms. The van der Waals surface area contributed by atoms with Crippen LogP contribution in [0.15, 0.2) is 0 Å². The summed E-state index contributed by atoms with van der Waals surface area (Å²) >= 11 is 0. The largest absolute Gasteiger partial charge is 0.462 e. The van der Waals surface area contributed by atoms with Crippen LogP contribution in [0, 0.1) is 11.8 Å². The number of carbonyl (C=O) groups excluding carboxylic acids is 3. The van der Waals surface area contributed by atoms with Gasteiger partial charge in [-0.2, -0.15) is 0 Å². The minimum Gasteiger partial charge on any atom is -0.462 e. The van der Waals surface area contributed by atoms with Gasteiger partial charge in [0, 0.05) is 19.3 Å². The van der Waals surface area contributed by atoms with Crippen molar-refractivity contribution < 1.29 is 28.6 Å². The van der Waals surface area contributed by atoms with Crippen molar-refractivity contribution in [1.29, 1.82) is 0 Å². The third kappa shape index (κ3) is 43.5. The lowest BCUT2D eigenvalue weighted by Gasteiger charge is -2.18. The fraction of sp³-hybridized carbons (Fsp3) is 0.940. The second-order valence-electron chi connectivity index (χ2n) is 18.1. The van der Waals surface area contributed by atoms with Crippen molar-refractivity contribution in [3.63, 3.8) is 0 Å². The van der Waals surface area contributed by atoms with Crippen LogP contribution in [-0.4, -0.2) is 37.2 Å². The Labute approximate surface area is 348 Å². The summed E-state index contributed by atoms with van der Waals surface area (Å²) in [4.78, 5) is 37.8. The van der Waals surface area contributed by atoms with Crippen molar-refractivity contribution >= 4 is 17.9 Å². The van der Waals surface area contributed by atoms with E-state index in [2.05, 4.69) is 34.6 Å². The molecule has 332 valence electrons. The van der Waals surface area contributed by atoms with E-state index >= 15 is 0 Å². The lowest BCUT2D eigenvalue weighted by molar-refractivity contribution is -0.167. The molecule has 1 atom stereocenters. The fourth-order valence-electron chi connectivity index (χ4n) is 7.46. The number of carbonyl (C=O) groups is 3. The first kappa shape index (κ1) is 54.4. The van der Waals surface area contributed by atoms with Gasteiger partial charge in [0.1, 0.15) is 13.2 Å². The summed E-state index contributed by atoms with van der Waals surface area (Å²) in [5, 5.41) is 0. The molecule has 0 radical (unpaired) electrons. The minimum absolute atomic E-state index is 0.0656. The van der Waals surface area contributed by atoms with Crippen LogP contribution in [0.25, 0.3) is 0 Å². The smallest absolute Gasteiger partial charge is 0.306 e. The van der Waals surface area contributed by atoms with Crippen molar-refractivity contribution in [3.05, 3.63) is 0 Å². The van der Waals surface area contributed by atoms with Crippen molar-refractivity contribution in [3.8, 4) is 0 Å². The van der Waals surface area contributed by atoms with Gasteiger partial charge in [0.05, 0.1) is 0 Å². The highest BCUT2D eigenvalue weighted by Crippen LogP contribution is 2.17. The van der Waals surface area contributed by atoms with E-state index in [4.69, 9.17) is 14.2 Å². The molecule has 0 aromatic rings.